The van der Waals surface area contributed by atoms with Gasteiger partial charge in [-0.3, -0.25) is 0 Å². The molecule has 2 aromatic rings. The highest BCUT2D eigenvalue weighted by atomic mass is 16.5. The zero-order valence-electron chi connectivity index (χ0n) is 20.0. The fourth-order valence-electron chi connectivity index (χ4n) is 3.88. The smallest absolute Gasteiger partial charge is 0.213 e. The number of aromatic nitrogens is 4. The van der Waals surface area contributed by atoms with Crippen LogP contribution in [0.5, 0.6) is 5.88 Å². The molecule has 176 valence electrons. The first-order valence-corrected chi connectivity index (χ1v) is 11.5. The maximum absolute atomic E-state index is 5.98. The van der Waals surface area contributed by atoms with Crippen molar-refractivity contribution >= 4 is 5.96 Å². The van der Waals surface area contributed by atoms with Crippen LogP contribution in [0.4, 0.5) is 0 Å². The van der Waals surface area contributed by atoms with Crippen molar-refractivity contribution in [3.8, 4) is 5.88 Å². The van der Waals surface area contributed by atoms with Crippen molar-refractivity contribution in [2.24, 2.45) is 10.9 Å². The molecule has 0 aromatic carbocycles. The van der Waals surface area contributed by atoms with Gasteiger partial charge in [-0.1, -0.05) is 13.8 Å². The molecule has 2 atom stereocenters. The van der Waals surface area contributed by atoms with E-state index in [0.29, 0.717) is 24.9 Å². The number of methoxy groups -OCH3 is 1. The minimum Gasteiger partial charge on any atom is -0.475 e. The fourth-order valence-corrected chi connectivity index (χ4v) is 3.88. The number of hydrogen-bond donors (Lipinski definition) is 2. The lowest BCUT2D eigenvalue weighted by Gasteiger charge is -2.25. The van der Waals surface area contributed by atoms with E-state index in [1.807, 2.05) is 16.8 Å². The Morgan fingerprint density at radius 2 is 2.19 bits per heavy atom. The van der Waals surface area contributed by atoms with Crippen LogP contribution in [0.25, 0.3) is 0 Å². The van der Waals surface area contributed by atoms with Gasteiger partial charge in [0, 0.05) is 38.4 Å². The lowest BCUT2D eigenvalue weighted by Crippen LogP contribution is -2.47. The number of pyridine rings is 1. The Morgan fingerprint density at radius 3 is 2.94 bits per heavy atom. The van der Waals surface area contributed by atoms with Gasteiger partial charge < -0.3 is 20.1 Å². The van der Waals surface area contributed by atoms with E-state index in [1.54, 1.807) is 13.3 Å². The Morgan fingerprint density at radius 1 is 1.34 bits per heavy atom. The summed E-state index contributed by atoms with van der Waals surface area (Å²) < 4.78 is 13.1. The maximum atomic E-state index is 5.98. The summed E-state index contributed by atoms with van der Waals surface area (Å²) in [5.74, 6) is 3.80. The zero-order chi connectivity index (χ0) is 22.9. The highest BCUT2D eigenvalue weighted by molar-refractivity contribution is 5.80. The molecule has 0 amide bonds. The van der Waals surface area contributed by atoms with Gasteiger partial charge in [0.05, 0.1) is 19.2 Å². The van der Waals surface area contributed by atoms with Crippen LogP contribution in [0.15, 0.2) is 23.3 Å². The summed E-state index contributed by atoms with van der Waals surface area (Å²) in [6.45, 7) is 11.1. The molecule has 0 saturated heterocycles. The summed E-state index contributed by atoms with van der Waals surface area (Å²) in [5.41, 5.74) is 1.07. The van der Waals surface area contributed by atoms with Crippen LogP contribution in [0.2, 0.25) is 0 Å². The van der Waals surface area contributed by atoms with Gasteiger partial charge >= 0.3 is 0 Å². The molecule has 0 spiro atoms. The molecule has 2 N–H and O–H groups in total. The number of rotatable bonds is 10. The molecule has 3 rings (SSSR count). The molecule has 9 heteroatoms. The number of guanidine groups is 1. The normalized spacial score (nSPS) is 17.2. The van der Waals surface area contributed by atoms with E-state index in [2.05, 4.69) is 53.4 Å². The van der Waals surface area contributed by atoms with Gasteiger partial charge in [0.25, 0.3) is 0 Å². The Bertz CT molecular complexity index is 881. The van der Waals surface area contributed by atoms with E-state index in [1.165, 1.54) is 0 Å². The minimum absolute atomic E-state index is 0.137. The van der Waals surface area contributed by atoms with Crippen molar-refractivity contribution in [2.75, 3.05) is 13.7 Å². The van der Waals surface area contributed by atoms with Gasteiger partial charge in [-0.15, -0.1) is 0 Å². The zero-order valence-corrected chi connectivity index (χ0v) is 20.0. The molecule has 3 heterocycles. The number of fused-ring (bicyclic) bond motifs is 1. The molecule has 2 aromatic heterocycles. The van der Waals surface area contributed by atoms with Crippen molar-refractivity contribution in [3.63, 3.8) is 0 Å². The summed E-state index contributed by atoms with van der Waals surface area (Å²) in [5, 5.41) is 11.4. The number of ether oxygens (including phenoxy) is 2. The molecule has 9 nitrogen and oxygen atoms in total. The summed E-state index contributed by atoms with van der Waals surface area (Å²) in [4.78, 5) is 13.7. The van der Waals surface area contributed by atoms with Gasteiger partial charge in [-0.2, -0.15) is 5.10 Å². The van der Waals surface area contributed by atoms with Crippen LogP contribution in [-0.2, 0) is 30.9 Å². The van der Waals surface area contributed by atoms with Gasteiger partial charge in [-0.05, 0) is 44.2 Å². The molecule has 0 bridgehead atoms. The Hall–Kier alpha value is -2.68. The van der Waals surface area contributed by atoms with E-state index >= 15 is 0 Å². The lowest BCUT2D eigenvalue weighted by atomic mass is 10.1. The second-order valence-corrected chi connectivity index (χ2v) is 8.69. The molecule has 2 unspecified atom stereocenters. The molecule has 1 aliphatic rings. The molecular formula is C23H37N7O2. The van der Waals surface area contributed by atoms with E-state index < -0.39 is 0 Å². The summed E-state index contributed by atoms with van der Waals surface area (Å²) in [7, 11) is 1.66. The highest BCUT2D eigenvalue weighted by Crippen LogP contribution is 2.16. The Labute approximate surface area is 191 Å². The number of aryl methyl sites for hydroxylation is 1. The van der Waals surface area contributed by atoms with Gasteiger partial charge in [0.2, 0.25) is 5.88 Å². The van der Waals surface area contributed by atoms with Crippen LogP contribution < -0.4 is 15.4 Å². The molecule has 0 fully saturated rings. The summed E-state index contributed by atoms with van der Waals surface area (Å²) >= 11 is 0. The van der Waals surface area contributed by atoms with E-state index in [9.17, 15) is 0 Å². The first-order valence-electron chi connectivity index (χ1n) is 11.5. The number of aliphatic imine (C=N–C) groups is 1. The van der Waals surface area contributed by atoms with Crippen molar-refractivity contribution in [2.45, 2.75) is 78.8 Å². The van der Waals surface area contributed by atoms with Crippen LogP contribution in [0.3, 0.4) is 0 Å². The molecule has 1 aliphatic heterocycles. The van der Waals surface area contributed by atoms with E-state index in [0.717, 1.165) is 55.5 Å². The van der Waals surface area contributed by atoms with Crippen molar-refractivity contribution in [3.05, 3.63) is 35.5 Å². The topological polar surface area (TPSA) is 98.5 Å². The lowest BCUT2D eigenvalue weighted by molar-refractivity contribution is 0.177. The number of nitrogens with one attached hydrogen (secondary N) is 2. The monoisotopic (exact) mass is 443 g/mol. The summed E-state index contributed by atoms with van der Waals surface area (Å²) in [6.07, 6.45) is 4.79. The largest absolute Gasteiger partial charge is 0.475 e. The average Bonchev–Trinajstić information content (AvgIpc) is 3.14. The first-order chi connectivity index (χ1) is 15.5. The van der Waals surface area contributed by atoms with Crippen LogP contribution in [0, 0.1) is 5.92 Å². The second-order valence-electron chi connectivity index (χ2n) is 8.69. The first kappa shape index (κ1) is 24.0. The Balaban J connectivity index is 1.59. The third-order valence-electron chi connectivity index (χ3n) is 5.20. The SMILES string of the molecule is CCNC(=NCc1ccnc(OC(C)CC(C)C)c1)NC1CCc2nc(COC)nn2C1. The van der Waals surface area contributed by atoms with Gasteiger partial charge in [0.15, 0.2) is 11.8 Å². The van der Waals surface area contributed by atoms with E-state index in [-0.39, 0.29) is 12.1 Å². The fraction of sp³-hybridized carbons (Fsp3) is 0.652. The van der Waals surface area contributed by atoms with Crippen molar-refractivity contribution in [1.82, 2.24) is 30.4 Å². The quantitative estimate of drug-likeness (QED) is 0.430. The molecule has 0 radical (unpaired) electrons. The van der Waals surface area contributed by atoms with Crippen molar-refractivity contribution in [1.29, 1.82) is 0 Å². The second kappa shape index (κ2) is 11.8. The molecule has 0 aliphatic carbocycles. The Kier molecular flexibility index (Phi) is 8.84. The highest BCUT2D eigenvalue weighted by Gasteiger charge is 2.22. The maximum Gasteiger partial charge on any atom is 0.213 e. The number of hydrogen-bond acceptors (Lipinski definition) is 6. The molecular weight excluding hydrogens is 406 g/mol. The van der Waals surface area contributed by atoms with Crippen LogP contribution >= 0.6 is 0 Å². The minimum atomic E-state index is 0.137. The average molecular weight is 444 g/mol. The number of nitrogens with zero attached hydrogens (tertiary/aromatic N) is 5. The van der Waals surface area contributed by atoms with Crippen LogP contribution in [0.1, 0.15) is 57.7 Å². The predicted molar refractivity (Wildman–Crippen MR) is 125 cm³/mol. The summed E-state index contributed by atoms with van der Waals surface area (Å²) in [6, 6.07) is 4.20. The van der Waals surface area contributed by atoms with Gasteiger partial charge in [-0.25, -0.2) is 19.6 Å². The van der Waals surface area contributed by atoms with Gasteiger partial charge in [0.1, 0.15) is 12.4 Å². The standard InChI is InChI=1S/C23H37N7O2/c1-6-24-23(27-19-7-8-21-28-20(15-31-5)29-30(21)14-19)26-13-18-9-10-25-22(12-18)32-17(4)11-16(2)3/h9-10,12,16-17,19H,6-8,11,13-15H2,1-5H3,(H2,24,26,27). The predicted octanol–water partition coefficient (Wildman–Crippen LogP) is 2.70. The molecule has 0 saturated carbocycles. The third-order valence-corrected chi connectivity index (χ3v) is 5.20. The molecule has 32 heavy (non-hydrogen) atoms. The van der Waals surface area contributed by atoms with E-state index in [4.69, 9.17) is 14.5 Å². The third kappa shape index (κ3) is 7.19. The van der Waals surface area contributed by atoms with Crippen LogP contribution in [-0.4, -0.2) is 51.5 Å². The van der Waals surface area contributed by atoms with Crippen molar-refractivity contribution < 1.29 is 9.47 Å².